The molecule has 0 amide bonds. The van der Waals surface area contributed by atoms with Crippen LogP contribution >= 0.6 is 0 Å². The fourth-order valence-corrected chi connectivity index (χ4v) is 1.80. The summed E-state index contributed by atoms with van der Waals surface area (Å²) in [5.74, 6) is -0.407. The van der Waals surface area contributed by atoms with Gasteiger partial charge in [-0.1, -0.05) is 6.07 Å². The average Bonchev–Trinajstić information content (AvgIpc) is 2.26. The summed E-state index contributed by atoms with van der Waals surface area (Å²) in [6.45, 7) is 5.55. The summed E-state index contributed by atoms with van der Waals surface area (Å²) < 4.78 is 5.54. The Balaban J connectivity index is 2.28. The Morgan fingerprint density at radius 1 is 1.16 bits per heavy atom. The van der Waals surface area contributed by atoms with Crippen molar-refractivity contribution in [2.45, 2.75) is 20.8 Å². The molecule has 0 saturated heterocycles. The Morgan fingerprint density at radius 2 is 1.79 bits per heavy atom. The summed E-state index contributed by atoms with van der Waals surface area (Å²) in [5, 5.41) is 8.90. The smallest absolute Gasteiger partial charge is 0.339 e. The largest absolute Gasteiger partial charge is 0.478 e. The number of aromatic carboxylic acids is 1. The Kier molecular flexibility index (Phi) is 3.46. The maximum absolute atomic E-state index is 10.9. The van der Waals surface area contributed by atoms with E-state index in [0.717, 1.165) is 11.1 Å². The Labute approximate surface area is 110 Å². The minimum Gasteiger partial charge on any atom is -0.478 e. The summed E-state index contributed by atoms with van der Waals surface area (Å²) in [6.07, 6.45) is 1.25. The van der Waals surface area contributed by atoms with Crippen LogP contribution in [0.15, 0.2) is 24.4 Å². The van der Waals surface area contributed by atoms with Gasteiger partial charge in [0.1, 0.15) is 5.75 Å². The number of benzene rings is 1. The standard InChI is InChI=1S/C14H14N2O3/c1-8-4-9(2)6-11(5-8)19-14-15-7-12(13(17)18)10(3)16-14/h4-7H,1-3H3,(H,17,18). The highest BCUT2D eigenvalue weighted by Gasteiger charge is 2.11. The van der Waals surface area contributed by atoms with Gasteiger partial charge in [-0.2, -0.15) is 4.98 Å². The molecule has 2 aromatic rings. The van der Waals surface area contributed by atoms with Gasteiger partial charge in [-0.05, 0) is 44.0 Å². The molecular formula is C14H14N2O3. The van der Waals surface area contributed by atoms with Crippen LogP contribution in [0.3, 0.4) is 0 Å². The van der Waals surface area contributed by atoms with Crippen LogP contribution in [0.5, 0.6) is 11.8 Å². The van der Waals surface area contributed by atoms with Gasteiger partial charge in [-0.3, -0.25) is 0 Å². The first kappa shape index (κ1) is 13.0. The summed E-state index contributed by atoms with van der Waals surface area (Å²) in [4.78, 5) is 18.8. The van der Waals surface area contributed by atoms with E-state index in [1.165, 1.54) is 6.20 Å². The second kappa shape index (κ2) is 5.06. The van der Waals surface area contributed by atoms with Crippen LogP contribution in [0.2, 0.25) is 0 Å². The Bertz CT molecular complexity index is 618. The van der Waals surface area contributed by atoms with Crippen LogP contribution in [0.25, 0.3) is 0 Å². The highest BCUT2D eigenvalue weighted by molar-refractivity contribution is 5.88. The second-order valence-corrected chi connectivity index (χ2v) is 4.38. The highest BCUT2D eigenvalue weighted by Crippen LogP contribution is 2.21. The number of hydrogen-bond donors (Lipinski definition) is 1. The molecule has 0 spiro atoms. The number of carboxylic acid groups (broad SMARTS) is 1. The van der Waals surface area contributed by atoms with Gasteiger partial charge in [-0.25, -0.2) is 9.78 Å². The molecule has 1 heterocycles. The van der Waals surface area contributed by atoms with Gasteiger partial charge in [0, 0.05) is 6.20 Å². The third kappa shape index (κ3) is 3.07. The first-order valence-electron chi connectivity index (χ1n) is 5.79. The Hall–Kier alpha value is -2.43. The van der Waals surface area contributed by atoms with E-state index in [-0.39, 0.29) is 11.6 Å². The molecule has 1 N–H and O–H groups in total. The van der Waals surface area contributed by atoms with Gasteiger partial charge in [-0.15, -0.1) is 0 Å². The van der Waals surface area contributed by atoms with E-state index in [1.54, 1.807) is 6.92 Å². The molecule has 0 aliphatic heterocycles. The molecule has 0 radical (unpaired) electrons. The molecule has 0 aliphatic rings. The average molecular weight is 258 g/mol. The summed E-state index contributed by atoms with van der Waals surface area (Å²) in [6, 6.07) is 5.92. The van der Waals surface area contributed by atoms with Crippen LogP contribution in [0.1, 0.15) is 27.2 Å². The van der Waals surface area contributed by atoms with Crippen molar-refractivity contribution in [3.05, 3.63) is 46.8 Å². The number of nitrogens with zero attached hydrogens (tertiary/aromatic N) is 2. The number of carboxylic acids is 1. The number of ether oxygens (including phenoxy) is 1. The number of carbonyl (C=O) groups is 1. The lowest BCUT2D eigenvalue weighted by Crippen LogP contribution is -2.04. The van der Waals surface area contributed by atoms with Crippen molar-refractivity contribution in [3.8, 4) is 11.8 Å². The fourth-order valence-electron chi connectivity index (χ4n) is 1.80. The van der Waals surface area contributed by atoms with Crippen LogP contribution in [0, 0.1) is 20.8 Å². The van der Waals surface area contributed by atoms with E-state index < -0.39 is 5.97 Å². The number of rotatable bonds is 3. The zero-order valence-electron chi connectivity index (χ0n) is 11.0. The fraction of sp³-hybridized carbons (Fsp3) is 0.214. The van der Waals surface area contributed by atoms with Crippen LogP contribution < -0.4 is 4.74 Å². The van der Waals surface area contributed by atoms with Gasteiger partial charge in [0.25, 0.3) is 0 Å². The van der Waals surface area contributed by atoms with Crippen molar-refractivity contribution >= 4 is 5.97 Å². The van der Waals surface area contributed by atoms with E-state index in [0.29, 0.717) is 11.4 Å². The zero-order chi connectivity index (χ0) is 14.0. The molecule has 2 rings (SSSR count). The minimum atomic E-state index is -1.05. The molecule has 1 aromatic heterocycles. The monoisotopic (exact) mass is 258 g/mol. The predicted molar refractivity (Wildman–Crippen MR) is 69.7 cm³/mol. The first-order chi connectivity index (χ1) is 8.95. The molecule has 5 heteroatoms. The van der Waals surface area contributed by atoms with Gasteiger partial charge in [0.15, 0.2) is 0 Å². The SMILES string of the molecule is Cc1cc(C)cc(Oc2ncc(C(=O)O)c(C)n2)c1. The number of aromatic nitrogens is 2. The predicted octanol–water partition coefficient (Wildman–Crippen LogP) is 2.89. The number of aryl methyl sites for hydroxylation is 3. The van der Waals surface area contributed by atoms with Crippen LogP contribution in [-0.2, 0) is 0 Å². The first-order valence-corrected chi connectivity index (χ1v) is 5.79. The highest BCUT2D eigenvalue weighted by atomic mass is 16.5. The van der Waals surface area contributed by atoms with Gasteiger partial charge >= 0.3 is 12.0 Å². The third-order valence-corrected chi connectivity index (χ3v) is 2.59. The zero-order valence-corrected chi connectivity index (χ0v) is 11.0. The van der Waals surface area contributed by atoms with Crippen LogP contribution in [-0.4, -0.2) is 21.0 Å². The molecule has 19 heavy (non-hydrogen) atoms. The van der Waals surface area contributed by atoms with Crippen molar-refractivity contribution in [3.63, 3.8) is 0 Å². The van der Waals surface area contributed by atoms with Crippen molar-refractivity contribution < 1.29 is 14.6 Å². The van der Waals surface area contributed by atoms with E-state index in [4.69, 9.17) is 9.84 Å². The lowest BCUT2D eigenvalue weighted by atomic mass is 10.1. The third-order valence-electron chi connectivity index (χ3n) is 2.59. The molecule has 0 bridgehead atoms. The number of hydrogen-bond acceptors (Lipinski definition) is 4. The molecule has 1 aromatic carbocycles. The molecule has 0 saturated carbocycles. The molecule has 98 valence electrons. The molecule has 0 aliphatic carbocycles. The Morgan fingerprint density at radius 3 is 2.32 bits per heavy atom. The summed E-state index contributed by atoms with van der Waals surface area (Å²) in [5.41, 5.74) is 2.61. The van der Waals surface area contributed by atoms with Gasteiger partial charge in [0.2, 0.25) is 0 Å². The lowest BCUT2D eigenvalue weighted by Gasteiger charge is -2.07. The van der Waals surface area contributed by atoms with Crippen molar-refractivity contribution in [1.82, 2.24) is 9.97 Å². The van der Waals surface area contributed by atoms with E-state index in [2.05, 4.69) is 9.97 Å². The molecular weight excluding hydrogens is 244 g/mol. The maximum Gasteiger partial charge on any atom is 0.339 e. The quantitative estimate of drug-likeness (QED) is 0.916. The van der Waals surface area contributed by atoms with Gasteiger partial charge in [0.05, 0.1) is 11.3 Å². The van der Waals surface area contributed by atoms with Crippen molar-refractivity contribution in [2.24, 2.45) is 0 Å². The normalized spacial score (nSPS) is 10.3. The minimum absolute atomic E-state index is 0.0766. The van der Waals surface area contributed by atoms with Gasteiger partial charge < -0.3 is 9.84 Å². The van der Waals surface area contributed by atoms with Crippen LogP contribution in [0.4, 0.5) is 0 Å². The summed E-state index contributed by atoms with van der Waals surface area (Å²) >= 11 is 0. The molecule has 0 fully saturated rings. The topological polar surface area (TPSA) is 72.3 Å². The molecule has 0 atom stereocenters. The lowest BCUT2D eigenvalue weighted by molar-refractivity contribution is 0.0695. The van der Waals surface area contributed by atoms with E-state index >= 15 is 0 Å². The second-order valence-electron chi connectivity index (χ2n) is 4.38. The van der Waals surface area contributed by atoms with Crippen molar-refractivity contribution in [2.75, 3.05) is 0 Å². The van der Waals surface area contributed by atoms with E-state index in [1.807, 2.05) is 32.0 Å². The molecule has 5 nitrogen and oxygen atoms in total. The van der Waals surface area contributed by atoms with Crippen molar-refractivity contribution in [1.29, 1.82) is 0 Å². The maximum atomic E-state index is 10.9. The molecule has 0 unspecified atom stereocenters. The van der Waals surface area contributed by atoms with E-state index in [9.17, 15) is 4.79 Å². The summed E-state index contributed by atoms with van der Waals surface area (Å²) in [7, 11) is 0.